The lowest BCUT2D eigenvalue weighted by Crippen LogP contribution is -2.39. The topological polar surface area (TPSA) is 64.2 Å². The van der Waals surface area contributed by atoms with E-state index in [0.717, 1.165) is 8.25 Å². The molecule has 9 heteroatoms. The van der Waals surface area contributed by atoms with Crippen molar-refractivity contribution in [2.75, 3.05) is 17.2 Å². The molecule has 1 aliphatic heterocycles. The van der Waals surface area contributed by atoms with Crippen LogP contribution in [0.3, 0.4) is 0 Å². The molecule has 3 aromatic rings. The molecular weight excluding hydrogens is 484 g/mol. The van der Waals surface area contributed by atoms with Crippen LogP contribution in [0.4, 0.5) is 24.5 Å². The van der Waals surface area contributed by atoms with Crippen molar-refractivity contribution in [3.05, 3.63) is 69.1 Å². The predicted molar refractivity (Wildman–Crippen MR) is 108 cm³/mol. The number of hydrogen-bond donors (Lipinski definition) is 1. The van der Waals surface area contributed by atoms with Gasteiger partial charge < -0.3 is 10.6 Å². The lowest BCUT2D eigenvalue weighted by atomic mass is 10.0. The van der Waals surface area contributed by atoms with Crippen molar-refractivity contribution in [3.63, 3.8) is 0 Å². The monoisotopic (exact) mass is 498 g/mol. The Hall–Kier alpha value is -2.56. The molecule has 28 heavy (non-hydrogen) atoms. The average molecular weight is 498 g/mol. The largest absolute Gasteiger partial charge is 0.435 e. The number of nitrogens with two attached hydrogens (primary N) is 1. The fourth-order valence-electron chi connectivity index (χ4n) is 3.30. The molecule has 1 aromatic heterocycles. The van der Waals surface area contributed by atoms with Crippen molar-refractivity contribution in [1.29, 1.82) is 0 Å². The molecule has 4 rings (SSSR count). The Morgan fingerprint density at radius 3 is 2.43 bits per heavy atom. The third kappa shape index (κ3) is 3.23. The van der Waals surface area contributed by atoms with Crippen LogP contribution >= 0.6 is 22.6 Å². The van der Waals surface area contributed by atoms with Gasteiger partial charge in [-0.3, -0.25) is 4.79 Å². The Kier molecular flexibility index (Phi) is 4.56. The summed E-state index contributed by atoms with van der Waals surface area (Å²) in [7, 11) is 0. The van der Waals surface area contributed by atoms with Gasteiger partial charge in [-0.15, -0.1) is 0 Å². The van der Waals surface area contributed by atoms with E-state index >= 15 is 0 Å². The van der Waals surface area contributed by atoms with Crippen molar-refractivity contribution in [3.8, 4) is 5.69 Å². The Balaban J connectivity index is 1.88. The summed E-state index contributed by atoms with van der Waals surface area (Å²) >= 11 is 2.15. The molecule has 0 saturated carbocycles. The zero-order valence-corrected chi connectivity index (χ0v) is 16.5. The summed E-state index contributed by atoms with van der Waals surface area (Å²) in [5.74, 6) is -0.520. The standard InChI is InChI=1S/C19H14F3IN4O/c20-19(21,22)17-15-8-9-26(13-6-4-11(23)5-7-13)18(28)16(15)27(25-17)14-3-1-2-12(24)10-14/h1-7,10H,8-9,24H2. The first-order valence-electron chi connectivity index (χ1n) is 8.38. The van der Waals surface area contributed by atoms with Crippen LogP contribution in [-0.2, 0) is 12.6 Å². The third-order valence-corrected chi connectivity index (χ3v) is 5.26. The number of halogens is 4. The highest BCUT2D eigenvalue weighted by Crippen LogP contribution is 2.37. The van der Waals surface area contributed by atoms with Crippen LogP contribution < -0.4 is 10.6 Å². The highest BCUT2D eigenvalue weighted by Gasteiger charge is 2.43. The van der Waals surface area contributed by atoms with Crippen molar-refractivity contribution in [2.45, 2.75) is 12.6 Å². The molecule has 1 amide bonds. The van der Waals surface area contributed by atoms with Gasteiger partial charge in [0.2, 0.25) is 0 Å². The summed E-state index contributed by atoms with van der Waals surface area (Å²) in [5, 5.41) is 3.75. The first kappa shape index (κ1) is 18.8. The van der Waals surface area contributed by atoms with Gasteiger partial charge in [0.1, 0.15) is 5.69 Å². The van der Waals surface area contributed by atoms with Crippen LogP contribution in [0.1, 0.15) is 21.7 Å². The van der Waals surface area contributed by atoms with E-state index in [2.05, 4.69) is 27.7 Å². The molecule has 2 heterocycles. The summed E-state index contributed by atoms with van der Waals surface area (Å²) in [5.41, 5.74) is 5.89. The van der Waals surface area contributed by atoms with Crippen LogP contribution in [0.5, 0.6) is 0 Å². The Morgan fingerprint density at radius 2 is 1.79 bits per heavy atom. The molecule has 0 spiro atoms. The van der Waals surface area contributed by atoms with E-state index in [1.807, 2.05) is 12.1 Å². The van der Waals surface area contributed by atoms with Crippen molar-refractivity contribution < 1.29 is 18.0 Å². The number of fused-ring (bicyclic) bond motifs is 1. The van der Waals surface area contributed by atoms with Gasteiger partial charge in [-0.05, 0) is 71.5 Å². The number of nitrogens with zero attached hydrogens (tertiary/aromatic N) is 3. The number of carbonyl (C=O) groups is 1. The van der Waals surface area contributed by atoms with Gasteiger partial charge in [-0.2, -0.15) is 18.3 Å². The van der Waals surface area contributed by atoms with E-state index in [1.54, 1.807) is 30.3 Å². The van der Waals surface area contributed by atoms with Gasteiger partial charge in [0.25, 0.3) is 5.91 Å². The summed E-state index contributed by atoms with van der Waals surface area (Å²) in [4.78, 5) is 14.7. The molecule has 1 aliphatic rings. The number of benzene rings is 2. The average Bonchev–Trinajstić information content (AvgIpc) is 3.04. The van der Waals surface area contributed by atoms with Crippen LogP contribution in [0.15, 0.2) is 48.5 Å². The lowest BCUT2D eigenvalue weighted by molar-refractivity contribution is -0.141. The summed E-state index contributed by atoms with van der Waals surface area (Å²) in [6.07, 6.45) is -4.59. The Labute approximate surface area is 172 Å². The summed E-state index contributed by atoms with van der Waals surface area (Å²) in [6.45, 7) is 0.151. The Bertz CT molecular complexity index is 1060. The SMILES string of the molecule is Nc1cccc(-n2nc(C(F)(F)F)c3c2C(=O)N(c2ccc(I)cc2)CC3)c1. The predicted octanol–water partition coefficient (Wildman–Crippen LogP) is 4.28. The minimum absolute atomic E-state index is 0.0597. The van der Waals surface area contributed by atoms with Crippen LogP contribution in [0.25, 0.3) is 5.69 Å². The fourth-order valence-corrected chi connectivity index (χ4v) is 3.66. The lowest BCUT2D eigenvalue weighted by Gasteiger charge is -2.28. The number of nitrogen functional groups attached to an aromatic ring is 1. The van der Waals surface area contributed by atoms with Crippen molar-refractivity contribution in [1.82, 2.24) is 9.78 Å². The van der Waals surface area contributed by atoms with Crippen LogP contribution in [-0.4, -0.2) is 22.2 Å². The molecule has 0 bridgehead atoms. The molecule has 0 aliphatic carbocycles. The zero-order valence-electron chi connectivity index (χ0n) is 14.4. The number of carbonyl (C=O) groups excluding carboxylic acids is 1. The fraction of sp³-hybridized carbons (Fsp3) is 0.158. The van der Waals surface area contributed by atoms with E-state index in [1.165, 1.54) is 11.0 Å². The van der Waals surface area contributed by atoms with E-state index in [-0.39, 0.29) is 24.2 Å². The van der Waals surface area contributed by atoms with Gasteiger partial charge in [0, 0.05) is 27.1 Å². The first-order chi connectivity index (χ1) is 13.3. The molecule has 0 fully saturated rings. The number of amides is 1. The molecule has 0 radical (unpaired) electrons. The third-order valence-electron chi connectivity index (χ3n) is 4.54. The normalized spacial score (nSPS) is 14.3. The molecule has 0 unspecified atom stereocenters. The number of anilines is 2. The van der Waals surface area contributed by atoms with E-state index in [9.17, 15) is 18.0 Å². The molecule has 2 N–H and O–H groups in total. The molecule has 0 atom stereocenters. The second kappa shape index (κ2) is 6.80. The molecule has 5 nitrogen and oxygen atoms in total. The maximum Gasteiger partial charge on any atom is 0.435 e. The van der Waals surface area contributed by atoms with Gasteiger partial charge in [-0.1, -0.05) is 6.07 Å². The van der Waals surface area contributed by atoms with Crippen molar-refractivity contribution >= 4 is 39.9 Å². The van der Waals surface area contributed by atoms with Gasteiger partial charge >= 0.3 is 6.18 Å². The van der Waals surface area contributed by atoms with Gasteiger partial charge in [-0.25, -0.2) is 4.68 Å². The molecule has 0 saturated heterocycles. The quantitative estimate of drug-likeness (QED) is 0.424. The number of rotatable bonds is 2. The maximum atomic E-state index is 13.5. The molecular formula is C19H14F3IN4O. The number of hydrogen-bond acceptors (Lipinski definition) is 3. The smallest absolute Gasteiger partial charge is 0.399 e. The highest BCUT2D eigenvalue weighted by atomic mass is 127. The number of aromatic nitrogens is 2. The summed E-state index contributed by atoms with van der Waals surface area (Å²) in [6, 6.07) is 13.5. The minimum atomic E-state index is -4.65. The van der Waals surface area contributed by atoms with E-state index < -0.39 is 17.8 Å². The highest BCUT2D eigenvalue weighted by molar-refractivity contribution is 14.1. The van der Waals surface area contributed by atoms with Gasteiger partial charge in [0.15, 0.2) is 5.69 Å². The van der Waals surface area contributed by atoms with E-state index in [0.29, 0.717) is 17.1 Å². The van der Waals surface area contributed by atoms with Gasteiger partial charge in [0.05, 0.1) is 5.69 Å². The molecule has 2 aromatic carbocycles. The first-order valence-corrected chi connectivity index (χ1v) is 9.46. The van der Waals surface area contributed by atoms with Crippen molar-refractivity contribution in [2.24, 2.45) is 0 Å². The summed E-state index contributed by atoms with van der Waals surface area (Å²) < 4.78 is 42.7. The minimum Gasteiger partial charge on any atom is -0.399 e. The molecule has 144 valence electrons. The van der Waals surface area contributed by atoms with Crippen LogP contribution in [0, 0.1) is 3.57 Å². The van der Waals surface area contributed by atoms with Crippen LogP contribution in [0.2, 0.25) is 0 Å². The second-order valence-corrected chi connectivity index (χ2v) is 7.61. The zero-order chi connectivity index (χ0) is 20.1. The second-order valence-electron chi connectivity index (χ2n) is 6.36. The van der Waals surface area contributed by atoms with E-state index in [4.69, 9.17) is 5.73 Å². The maximum absolute atomic E-state index is 13.5. The number of alkyl halides is 3. The Morgan fingerprint density at radius 1 is 1.07 bits per heavy atom.